The first-order valence-electron chi connectivity index (χ1n) is 5.80. The molecule has 2 rings (SSSR count). The van der Waals surface area contributed by atoms with Gasteiger partial charge in [-0.05, 0) is 12.1 Å². The molecule has 8 nitrogen and oxygen atoms in total. The second-order valence-electron chi connectivity index (χ2n) is 4.15. The number of carbonyl (C=O) groups excluding carboxylic acids is 3. The SMILES string of the molecule is O=C(CN1C(=O)CNC1=O)Nc1cccc(F)c1C(=O)O. The maximum absolute atomic E-state index is 13.4. The smallest absolute Gasteiger partial charge is 0.340 e. The van der Waals surface area contributed by atoms with Gasteiger partial charge in [-0.3, -0.25) is 14.5 Å². The Morgan fingerprint density at radius 1 is 1.38 bits per heavy atom. The molecule has 1 aromatic carbocycles. The summed E-state index contributed by atoms with van der Waals surface area (Å²) in [5, 5.41) is 13.3. The van der Waals surface area contributed by atoms with Gasteiger partial charge in [0.2, 0.25) is 5.91 Å². The molecule has 0 aliphatic carbocycles. The van der Waals surface area contributed by atoms with Gasteiger partial charge in [0.1, 0.15) is 17.9 Å². The molecular weight excluding hydrogens is 285 g/mol. The van der Waals surface area contributed by atoms with Crippen LogP contribution in [0.3, 0.4) is 0 Å². The molecule has 21 heavy (non-hydrogen) atoms. The first kappa shape index (κ1) is 14.4. The lowest BCUT2D eigenvalue weighted by Crippen LogP contribution is -2.38. The van der Waals surface area contributed by atoms with Crippen molar-refractivity contribution in [1.29, 1.82) is 0 Å². The Balaban J connectivity index is 2.13. The van der Waals surface area contributed by atoms with E-state index >= 15 is 0 Å². The number of carbonyl (C=O) groups is 4. The summed E-state index contributed by atoms with van der Waals surface area (Å²) >= 11 is 0. The quantitative estimate of drug-likeness (QED) is 0.677. The van der Waals surface area contributed by atoms with Crippen LogP contribution in [-0.4, -0.2) is 46.9 Å². The number of imide groups is 1. The zero-order valence-electron chi connectivity index (χ0n) is 10.6. The standard InChI is InChI=1S/C12H10FN3O5/c13-6-2-1-3-7(10(6)11(19)20)15-8(17)5-16-9(18)4-14-12(16)21/h1-3H,4-5H2,(H,14,21)(H,15,17)(H,19,20). The lowest BCUT2D eigenvalue weighted by molar-refractivity contribution is -0.128. The molecule has 1 aromatic rings. The van der Waals surface area contributed by atoms with Crippen molar-refractivity contribution in [3.8, 4) is 0 Å². The van der Waals surface area contributed by atoms with E-state index in [2.05, 4.69) is 10.6 Å². The molecule has 0 unspecified atom stereocenters. The molecule has 110 valence electrons. The summed E-state index contributed by atoms with van der Waals surface area (Å²) in [6, 6.07) is 2.66. The Hall–Kier alpha value is -2.97. The second kappa shape index (κ2) is 5.57. The molecule has 0 radical (unpaired) electrons. The summed E-state index contributed by atoms with van der Waals surface area (Å²) in [6.07, 6.45) is 0. The topological polar surface area (TPSA) is 116 Å². The van der Waals surface area contributed by atoms with E-state index in [1.54, 1.807) is 0 Å². The third kappa shape index (κ3) is 2.96. The zero-order valence-corrected chi connectivity index (χ0v) is 10.6. The predicted molar refractivity (Wildman–Crippen MR) is 67.1 cm³/mol. The number of hydrogen-bond donors (Lipinski definition) is 3. The van der Waals surface area contributed by atoms with Crippen LogP contribution in [0, 0.1) is 5.82 Å². The molecule has 3 N–H and O–H groups in total. The number of aromatic carboxylic acids is 1. The summed E-state index contributed by atoms with van der Waals surface area (Å²) in [5.74, 6) is -3.94. The number of amides is 4. The van der Waals surface area contributed by atoms with Gasteiger partial charge < -0.3 is 15.7 Å². The summed E-state index contributed by atoms with van der Waals surface area (Å²) in [5.41, 5.74) is -0.942. The van der Waals surface area contributed by atoms with Crippen LogP contribution in [0.25, 0.3) is 0 Å². The Kier molecular flexibility index (Phi) is 3.83. The molecule has 1 fully saturated rings. The molecule has 0 spiro atoms. The van der Waals surface area contributed by atoms with E-state index in [1.165, 1.54) is 12.1 Å². The van der Waals surface area contributed by atoms with E-state index in [9.17, 15) is 23.6 Å². The van der Waals surface area contributed by atoms with E-state index in [4.69, 9.17) is 5.11 Å². The van der Waals surface area contributed by atoms with Gasteiger partial charge in [-0.25, -0.2) is 14.0 Å². The van der Waals surface area contributed by atoms with Gasteiger partial charge in [-0.2, -0.15) is 0 Å². The Bertz CT molecular complexity index is 630. The second-order valence-corrected chi connectivity index (χ2v) is 4.15. The number of nitrogens with zero attached hydrogens (tertiary/aromatic N) is 1. The van der Waals surface area contributed by atoms with E-state index < -0.39 is 41.7 Å². The molecule has 0 aromatic heterocycles. The highest BCUT2D eigenvalue weighted by Crippen LogP contribution is 2.19. The van der Waals surface area contributed by atoms with Crippen LogP contribution in [0.15, 0.2) is 18.2 Å². The third-order valence-corrected chi connectivity index (χ3v) is 2.74. The number of halogens is 1. The fourth-order valence-electron chi connectivity index (χ4n) is 1.79. The van der Waals surface area contributed by atoms with Crippen molar-refractivity contribution in [3.63, 3.8) is 0 Å². The molecule has 0 saturated carbocycles. The minimum atomic E-state index is -1.54. The number of anilines is 1. The van der Waals surface area contributed by atoms with E-state index in [0.717, 1.165) is 6.07 Å². The maximum atomic E-state index is 13.4. The highest BCUT2D eigenvalue weighted by molar-refractivity contribution is 6.07. The molecule has 1 aliphatic heterocycles. The molecule has 0 bridgehead atoms. The Morgan fingerprint density at radius 2 is 2.10 bits per heavy atom. The monoisotopic (exact) mass is 295 g/mol. The van der Waals surface area contributed by atoms with Crippen molar-refractivity contribution in [2.45, 2.75) is 0 Å². The summed E-state index contributed by atoms with van der Waals surface area (Å²) in [7, 11) is 0. The minimum absolute atomic E-state index is 0.202. The zero-order chi connectivity index (χ0) is 15.6. The van der Waals surface area contributed by atoms with Gasteiger partial charge >= 0.3 is 12.0 Å². The Morgan fingerprint density at radius 3 is 2.67 bits per heavy atom. The predicted octanol–water partition coefficient (Wildman–Crippen LogP) is 0.0142. The fourth-order valence-corrected chi connectivity index (χ4v) is 1.79. The summed E-state index contributed by atoms with van der Waals surface area (Å²) < 4.78 is 13.4. The molecule has 1 aliphatic rings. The van der Waals surface area contributed by atoms with Gasteiger partial charge in [0.05, 0.1) is 12.2 Å². The number of nitrogens with one attached hydrogen (secondary N) is 2. The van der Waals surface area contributed by atoms with Crippen LogP contribution in [-0.2, 0) is 9.59 Å². The van der Waals surface area contributed by atoms with Crippen molar-refractivity contribution in [3.05, 3.63) is 29.6 Å². The first-order chi connectivity index (χ1) is 9.90. The summed E-state index contributed by atoms with van der Waals surface area (Å²) in [6.45, 7) is -0.785. The van der Waals surface area contributed by atoms with Gasteiger partial charge in [0.25, 0.3) is 5.91 Å². The number of carboxylic acids is 1. The van der Waals surface area contributed by atoms with Crippen LogP contribution in [0.2, 0.25) is 0 Å². The molecule has 9 heteroatoms. The highest BCUT2D eigenvalue weighted by Gasteiger charge is 2.30. The average molecular weight is 295 g/mol. The van der Waals surface area contributed by atoms with Crippen molar-refractivity contribution < 1.29 is 28.7 Å². The lowest BCUT2D eigenvalue weighted by Gasteiger charge is -2.13. The van der Waals surface area contributed by atoms with Crippen molar-refractivity contribution in [2.24, 2.45) is 0 Å². The van der Waals surface area contributed by atoms with Gasteiger partial charge in [0.15, 0.2) is 0 Å². The number of rotatable bonds is 4. The number of carboxylic acid groups (broad SMARTS) is 1. The van der Waals surface area contributed by atoms with E-state index in [0.29, 0.717) is 4.90 Å². The average Bonchev–Trinajstić information content (AvgIpc) is 2.70. The summed E-state index contributed by atoms with van der Waals surface area (Å²) in [4.78, 5) is 45.9. The van der Waals surface area contributed by atoms with Gasteiger partial charge in [-0.15, -0.1) is 0 Å². The maximum Gasteiger partial charge on any atom is 0.340 e. The highest BCUT2D eigenvalue weighted by atomic mass is 19.1. The van der Waals surface area contributed by atoms with Crippen LogP contribution in [0.4, 0.5) is 14.9 Å². The van der Waals surface area contributed by atoms with E-state index in [-0.39, 0.29) is 12.2 Å². The van der Waals surface area contributed by atoms with Crippen LogP contribution >= 0.6 is 0 Å². The molecule has 0 atom stereocenters. The largest absolute Gasteiger partial charge is 0.478 e. The van der Waals surface area contributed by atoms with Crippen molar-refractivity contribution >= 4 is 29.5 Å². The van der Waals surface area contributed by atoms with Gasteiger partial charge in [-0.1, -0.05) is 6.07 Å². The van der Waals surface area contributed by atoms with Crippen molar-refractivity contribution in [2.75, 3.05) is 18.4 Å². The number of benzene rings is 1. The van der Waals surface area contributed by atoms with Gasteiger partial charge in [0, 0.05) is 0 Å². The minimum Gasteiger partial charge on any atom is -0.478 e. The number of hydrogen-bond acceptors (Lipinski definition) is 4. The normalized spacial score (nSPS) is 14.0. The lowest BCUT2D eigenvalue weighted by atomic mass is 10.1. The van der Waals surface area contributed by atoms with Crippen LogP contribution in [0.1, 0.15) is 10.4 Å². The third-order valence-electron chi connectivity index (χ3n) is 2.74. The molecule has 1 heterocycles. The molecule has 4 amide bonds. The van der Waals surface area contributed by atoms with Crippen LogP contribution < -0.4 is 10.6 Å². The number of urea groups is 1. The molecular formula is C12H10FN3O5. The van der Waals surface area contributed by atoms with Crippen LogP contribution in [0.5, 0.6) is 0 Å². The molecule has 1 saturated heterocycles. The first-order valence-corrected chi connectivity index (χ1v) is 5.80. The van der Waals surface area contributed by atoms with E-state index in [1.807, 2.05) is 0 Å². The van der Waals surface area contributed by atoms with Crippen molar-refractivity contribution in [1.82, 2.24) is 10.2 Å². The Labute approximate surface area is 117 Å². The fraction of sp³-hybridized carbons (Fsp3) is 0.167.